The zero-order valence-corrected chi connectivity index (χ0v) is 26.2. The van der Waals surface area contributed by atoms with Gasteiger partial charge in [0, 0.05) is 43.3 Å². The van der Waals surface area contributed by atoms with E-state index in [9.17, 15) is 14.0 Å². The molecule has 11 heteroatoms. The summed E-state index contributed by atoms with van der Waals surface area (Å²) in [6.45, 7) is 4.75. The molecule has 1 atom stereocenters. The number of carbonyl (C=O) groups is 2. The maximum Gasteiger partial charge on any atom is 0.363 e. The van der Waals surface area contributed by atoms with Gasteiger partial charge in [-0.05, 0) is 88.4 Å². The summed E-state index contributed by atoms with van der Waals surface area (Å²) in [5.74, 6) is -1.36. The lowest BCUT2D eigenvalue weighted by Gasteiger charge is -2.32. The maximum atomic E-state index is 14.8. The maximum absolute atomic E-state index is 14.8. The second-order valence-corrected chi connectivity index (χ2v) is 12.0. The van der Waals surface area contributed by atoms with Gasteiger partial charge in [-0.1, -0.05) is 29.8 Å². The van der Waals surface area contributed by atoms with Crippen LogP contribution in [0, 0.1) is 5.82 Å². The van der Waals surface area contributed by atoms with Gasteiger partial charge in [0.15, 0.2) is 11.5 Å². The number of piperidine rings is 1. The van der Waals surface area contributed by atoms with Gasteiger partial charge in [-0.3, -0.25) is 9.69 Å². The minimum Gasteiger partial charge on any atom is -0.444 e. The molecule has 0 bridgehead atoms. The highest BCUT2D eigenvalue weighted by Gasteiger charge is 2.43. The van der Waals surface area contributed by atoms with E-state index >= 15 is 0 Å². The third kappa shape index (κ3) is 7.26. The van der Waals surface area contributed by atoms with E-state index in [1.54, 1.807) is 37.3 Å². The molecule has 0 spiro atoms. The normalized spacial score (nSPS) is 18.3. The number of hydrogen-bond donors (Lipinski definition) is 1. The van der Waals surface area contributed by atoms with Crippen LogP contribution in [0.5, 0.6) is 11.5 Å². The Morgan fingerprint density at radius 2 is 1.82 bits per heavy atom. The third-order valence-corrected chi connectivity index (χ3v) is 8.21. The number of amides is 1. The van der Waals surface area contributed by atoms with Crippen molar-refractivity contribution in [1.82, 2.24) is 14.9 Å². The van der Waals surface area contributed by atoms with Crippen LogP contribution in [-0.2, 0) is 15.4 Å². The lowest BCUT2D eigenvalue weighted by Crippen LogP contribution is -2.42. The summed E-state index contributed by atoms with van der Waals surface area (Å²) in [7, 11) is 5.44. The van der Waals surface area contributed by atoms with Crippen molar-refractivity contribution >= 4 is 29.2 Å². The van der Waals surface area contributed by atoms with Gasteiger partial charge in [0.05, 0.1) is 17.7 Å². The van der Waals surface area contributed by atoms with Crippen molar-refractivity contribution in [2.75, 3.05) is 59.2 Å². The fourth-order valence-electron chi connectivity index (χ4n) is 5.54. The van der Waals surface area contributed by atoms with Crippen LogP contribution in [0.4, 0.5) is 10.1 Å². The van der Waals surface area contributed by atoms with Gasteiger partial charge in [0.1, 0.15) is 5.82 Å². The molecule has 0 radical (unpaired) electrons. The molecule has 9 nitrogen and oxygen atoms in total. The van der Waals surface area contributed by atoms with Gasteiger partial charge in [-0.25, -0.2) is 9.18 Å². The largest absolute Gasteiger partial charge is 0.444 e. The topological polar surface area (TPSA) is 83.6 Å². The smallest absolute Gasteiger partial charge is 0.363 e. The van der Waals surface area contributed by atoms with Crippen LogP contribution in [-0.4, -0.2) is 80.6 Å². The molecule has 2 aliphatic rings. The minimum absolute atomic E-state index is 0.128. The summed E-state index contributed by atoms with van der Waals surface area (Å²) >= 11 is 5.94. The predicted molar refractivity (Wildman–Crippen MR) is 167 cm³/mol. The molecule has 2 heterocycles. The molecule has 3 aromatic carbocycles. The molecule has 234 valence electrons. The molecule has 0 saturated carbocycles. The van der Waals surface area contributed by atoms with E-state index in [0.717, 1.165) is 42.2 Å². The highest BCUT2D eigenvalue weighted by atomic mass is 35.5. The van der Waals surface area contributed by atoms with Crippen LogP contribution >= 0.6 is 11.6 Å². The lowest BCUT2D eigenvalue weighted by molar-refractivity contribution is -0.162. The number of halogens is 2. The van der Waals surface area contributed by atoms with Crippen LogP contribution in [0.15, 0.2) is 60.7 Å². The zero-order valence-electron chi connectivity index (χ0n) is 25.4. The molecule has 2 aliphatic heterocycles. The molecule has 0 aliphatic carbocycles. The molecule has 1 N–H and O–H groups in total. The first-order valence-electron chi connectivity index (χ1n) is 14.7. The number of para-hydroxylation sites is 1. The minimum atomic E-state index is -1.31. The standard InChI is InChI=1S/C33H38ClFN4O5/c1-33(27-12-11-24(34)20-28(27)35)42-29-10-6-9-26(31(29)43-33)22-13-16-39(17-14-22)21-30(40)38(4)44-32(41)23-7-5-8-25(19-23)36-15-18-37(2)3/h5-12,19-20,22,36H,13-18,21H2,1-4H3. The second-order valence-electron chi connectivity index (χ2n) is 11.6. The number of rotatable bonds is 9. The van der Waals surface area contributed by atoms with Crippen molar-refractivity contribution in [3.05, 3.63) is 88.2 Å². The monoisotopic (exact) mass is 624 g/mol. The summed E-state index contributed by atoms with van der Waals surface area (Å²) in [6.07, 6.45) is 1.58. The summed E-state index contributed by atoms with van der Waals surface area (Å²) in [5, 5.41) is 4.58. The Morgan fingerprint density at radius 3 is 2.55 bits per heavy atom. The van der Waals surface area contributed by atoms with E-state index in [4.69, 9.17) is 25.9 Å². The first-order chi connectivity index (χ1) is 21.0. The predicted octanol–water partition coefficient (Wildman–Crippen LogP) is 5.51. The number of hydroxylamine groups is 2. The van der Waals surface area contributed by atoms with Crippen LogP contribution in [0.2, 0.25) is 5.02 Å². The molecule has 1 saturated heterocycles. The van der Waals surface area contributed by atoms with E-state index in [2.05, 4.69) is 10.2 Å². The summed E-state index contributed by atoms with van der Waals surface area (Å²) in [6, 6.07) is 17.2. The Hall–Kier alpha value is -3.86. The zero-order chi connectivity index (χ0) is 31.4. The van der Waals surface area contributed by atoms with Crippen molar-refractivity contribution in [3.8, 4) is 11.5 Å². The Kier molecular flexibility index (Phi) is 9.62. The number of likely N-dealkylation sites (tertiary alicyclic amines) is 1. The molecule has 1 fully saturated rings. The van der Waals surface area contributed by atoms with Crippen LogP contribution in [0.3, 0.4) is 0 Å². The lowest BCUT2D eigenvalue weighted by atomic mass is 9.88. The quantitative estimate of drug-likeness (QED) is 0.312. The number of nitrogens with zero attached hydrogens (tertiary/aromatic N) is 3. The Balaban J connectivity index is 1.14. The molecular weight excluding hydrogens is 587 g/mol. The van der Waals surface area contributed by atoms with Crippen LogP contribution in [0.25, 0.3) is 0 Å². The molecule has 0 aromatic heterocycles. The van der Waals surface area contributed by atoms with E-state index < -0.39 is 17.6 Å². The molecule has 3 aromatic rings. The van der Waals surface area contributed by atoms with Gasteiger partial charge in [-0.2, -0.15) is 5.06 Å². The van der Waals surface area contributed by atoms with Crippen molar-refractivity contribution in [2.45, 2.75) is 31.5 Å². The second kappa shape index (κ2) is 13.4. The number of nitrogens with one attached hydrogen (secondary N) is 1. The molecule has 1 unspecified atom stereocenters. The van der Waals surface area contributed by atoms with Crippen LogP contribution < -0.4 is 14.8 Å². The fourth-order valence-corrected chi connectivity index (χ4v) is 5.70. The van der Waals surface area contributed by atoms with Crippen molar-refractivity contribution < 1.29 is 28.3 Å². The van der Waals surface area contributed by atoms with Crippen molar-refractivity contribution in [1.29, 1.82) is 0 Å². The van der Waals surface area contributed by atoms with Crippen molar-refractivity contribution in [3.63, 3.8) is 0 Å². The summed E-state index contributed by atoms with van der Waals surface area (Å²) in [4.78, 5) is 35.1. The van der Waals surface area contributed by atoms with Gasteiger partial charge in [0.25, 0.3) is 11.7 Å². The van der Waals surface area contributed by atoms with Gasteiger partial charge in [-0.15, -0.1) is 0 Å². The van der Waals surface area contributed by atoms with Gasteiger partial charge in [0.2, 0.25) is 0 Å². The van der Waals surface area contributed by atoms with E-state index in [0.29, 0.717) is 35.2 Å². The number of hydrogen-bond acceptors (Lipinski definition) is 8. The number of likely N-dealkylation sites (N-methyl/N-ethyl adjacent to an activating group) is 2. The number of ether oxygens (including phenoxy) is 2. The van der Waals surface area contributed by atoms with Gasteiger partial charge >= 0.3 is 5.97 Å². The van der Waals surface area contributed by atoms with E-state index in [-0.39, 0.29) is 23.9 Å². The third-order valence-electron chi connectivity index (χ3n) is 7.98. The Morgan fingerprint density at radius 1 is 1.07 bits per heavy atom. The summed E-state index contributed by atoms with van der Waals surface area (Å²) < 4.78 is 27.2. The SMILES string of the molecule is CN(C)CCNc1cccc(C(=O)ON(C)C(=O)CN2CCC(c3cccc4c3OC(C)(c3ccc(Cl)cc3F)O4)CC2)c1. The molecule has 1 amide bonds. The molecule has 5 rings (SSSR count). The summed E-state index contributed by atoms with van der Waals surface area (Å²) in [5.41, 5.74) is 2.43. The number of carbonyl (C=O) groups excluding carboxylic acids is 2. The molecular formula is C33H38ClFN4O5. The highest BCUT2D eigenvalue weighted by molar-refractivity contribution is 6.30. The first-order valence-corrected chi connectivity index (χ1v) is 15.1. The Bertz CT molecular complexity index is 1510. The number of anilines is 1. The average molecular weight is 625 g/mol. The number of fused-ring (bicyclic) bond motifs is 1. The van der Waals surface area contributed by atoms with E-state index in [1.807, 2.05) is 43.3 Å². The fraction of sp³-hybridized carbons (Fsp3) is 0.394. The van der Waals surface area contributed by atoms with Crippen molar-refractivity contribution in [2.24, 2.45) is 0 Å². The van der Waals surface area contributed by atoms with Crippen LogP contribution in [0.1, 0.15) is 47.2 Å². The first kappa shape index (κ1) is 31.6. The highest BCUT2D eigenvalue weighted by Crippen LogP contribution is 2.49. The van der Waals surface area contributed by atoms with E-state index in [1.165, 1.54) is 13.1 Å². The van der Waals surface area contributed by atoms with Gasteiger partial charge < -0.3 is 24.5 Å². The molecule has 44 heavy (non-hydrogen) atoms. The average Bonchev–Trinajstić information content (AvgIpc) is 3.34. The number of benzene rings is 3. The Labute approximate surface area is 262 Å².